The number of hydroxylamine groups is 1. The molecule has 1 aromatic heterocycles. The smallest absolute Gasteiger partial charge is 0.284 e. The van der Waals surface area contributed by atoms with E-state index in [1.54, 1.807) is 6.07 Å². The number of thiophene rings is 1. The minimum absolute atomic E-state index is 0.149. The van der Waals surface area contributed by atoms with Gasteiger partial charge in [-0.1, -0.05) is 6.07 Å². The van der Waals surface area contributed by atoms with E-state index in [9.17, 15) is 4.79 Å². The van der Waals surface area contributed by atoms with Gasteiger partial charge in [0.15, 0.2) is 0 Å². The lowest BCUT2D eigenvalue weighted by Gasteiger charge is -2.21. The van der Waals surface area contributed by atoms with E-state index in [0.717, 1.165) is 25.9 Å². The van der Waals surface area contributed by atoms with Crippen LogP contribution in [0, 0.1) is 5.92 Å². The number of carbonyl (C=O) groups excluding carboxylic acids is 1. The van der Waals surface area contributed by atoms with Gasteiger partial charge in [0.05, 0.1) is 11.5 Å². The Morgan fingerprint density at radius 2 is 2.38 bits per heavy atom. The molecule has 0 unspecified atom stereocenters. The van der Waals surface area contributed by atoms with E-state index in [0.29, 0.717) is 17.4 Å². The molecule has 1 aliphatic rings. The van der Waals surface area contributed by atoms with Gasteiger partial charge in [0.25, 0.3) is 5.91 Å². The molecular formula is C11H16N2O2S. The third-order valence-corrected chi connectivity index (χ3v) is 3.56. The summed E-state index contributed by atoms with van der Waals surface area (Å²) in [7, 11) is 0. The van der Waals surface area contributed by atoms with Crippen molar-refractivity contribution in [3.8, 4) is 0 Å². The fourth-order valence-corrected chi connectivity index (χ4v) is 2.34. The fraction of sp³-hybridized carbons (Fsp3) is 0.545. The highest BCUT2D eigenvalue weighted by Gasteiger charge is 2.14. The van der Waals surface area contributed by atoms with Gasteiger partial charge in [-0.3, -0.25) is 9.63 Å². The van der Waals surface area contributed by atoms with E-state index in [-0.39, 0.29) is 5.91 Å². The molecule has 88 valence electrons. The highest BCUT2D eigenvalue weighted by Crippen LogP contribution is 2.11. The van der Waals surface area contributed by atoms with Crippen LogP contribution in [-0.2, 0) is 4.84 Å². The molecule has 0 bridgehead atoms. The normalized spacial score (nSPS) is 17.2. The Morgan fingerprint density at radius 3 is 3.06 bits per heavy atom. The molecule has 16 heavy (non-hydrogen) atoms. The molecule has 1 fully saturated rings. The zero-order chi connectivity index (χ0) is 11.2. The van der Waals surface area contributed by atoms with Crippen molar-refractivity contribution < 1.29 is 9.63 Å². The molecule has 1 aromatic rings. The molecule has 2 N–H and O–H groups in total. The van der Waals surface area contributed by atoms with Crippen LogP contribution in [0.15, 0.2) is 17.5 Å². The third-order valence-electron chi connectivity index (χ3n) is 2.69. The second-order valence-electron chi connectivity index (χ2n) is 3.91. The number of carbonyl (C=O) groups is 1. The molecule has 1 aliphatic heterocycles. The van der Waals surface area contributed by atoms with E-state index >= 15 is 0 Å². The van der Waals surface area contributed by atoms with Gasteiger partial charge in [0.1, 0.15) is 0 Å². The van der Waals surface area contributed by atoms with Crippen LogP contribution in [0.2, 0.25) is 0 Å². The first-order chi connectivity index (χ1) is 7.86. The molecule has 0 saturated carbocycles. The van der Waals surface area contributed by atoms with Crippen molar-refractivity contribution in [2.24, 2.45) is 5.92 Å². The molecule has 0 aliphatic carbocycles. The molecule has 2 rings (SSSR count). The van der Waals surface area contributed by atoms with Crippen molar-refractivity contribution in [1.29, 1.82) is 0 Å². The summed E-state index contributed by atoms with van der Waals surface area (Å²) in [5.41, 5.74) is 2.48. The Kier molecular flexibility index (Phi) is 4.33. The minimum atomic E-state index is -0.149. The Hall–Kier alpha value is -0.910. The molecule has 4 nitrogen and oxygen atoms in total. The Bertz CT molecular complexity index is 321. The van der Waals surface area contributed by atoms with E-state index in [1.807, 2.05) is 11.4 Å². The third kappa shape index (κ3) is 3.30. The van der Waals surface area contributed by atoms with Crippen molar-refractivity contribution in [3.05, 3.63) is 22.4 Å². The van der Waals surface area contributed by atoms with Gasteiger partial charge < -0.3 is 5.32 Å². The maximum Gasteiger partial charge on any atom is 0.284 e. The quantitative estimate of drug-likeness (QED) is 0.782. The van der Waals surface area contributed by atoms with E-state index in [2.05, 4.69) is 10.8 Å². The SMILES string of the molecule is O=C(NOCC1CCNCC1)c1cccs1. The Balaban J connectivity index is 1.66. The van der Waals surface area contributed by atoms with E-state index < -0.39 is 0 Å². The maximum absolute atomic E-state index is 11.5. The number of hydrogen-bond donors (Lipinski definition) is 2. The largest absolute Gasteiger partial charge is 0.317 e. The molecular weight excluding hydrogens is 224 g/mol. The lowest BCUT2D eigenvalue weighted by molar-refractivity contribution is 0.0120. The first-order valence-corrected chi connectivity index (χ1v) is 6.40. The summed E-state index contributed by atoms with van der Waals surface area (Å²) in [5.74, 6) is 0.411. The molecule has 5 heteroatoms. The van der Waals surface area contributed by atoms with Crippen LogP contribution in [0.4, 0.5) is 0 Å². The van der Waals surface area contributed by atoms with E-state index in [1.165, 1.54) is 11.3 Å². The topological polar surface area (TPSA) is 50.4 Å². The van der Waals surface area contributed by atoms with Crippen molar-refractivity contribution in [2.75, 3.05) is 19.7 Å². The number of nitrogens with one attached hydrogen (secondary N) is 2. The number of amides is 1. The summed E-state index contributed by atoms with van der Waals surface area (Å²) in [6, 6.07) is 3.64. The van der Waals surface area contributed by atoms with Gasteiger partial charge in [0.2, 0.25) is 0 Å². The minimum Gasteiger partial charge on any atom is -0.317 e. The van der Waals surface area contributed by atoms with Crippen molar-refractivity contribution >= 4 is 17.2 Å². The summed E-state index contributed by atoms with van der Waals surface area (Å²) in [4.78, 5) is 17.4. The molecule has 0 spiro atoms. The first-order valence-electron chi connectivity index (χ1n) is 5.52. The molecule has 0 radical (unpaired) electrons. The molecule has 0 aromatic carbocycles. The van der Waals surface area contributed by atoms with Crippen molar-refractivity contribution in [2.45, 2.75) is 12.8 Å². The molecule has 2 heterocycles. The summed E-state index contributed by atoms with van der Waals surface area (Å²) < 4.78 is 0. The van der Waals surface area contributed by atoms with Crippen LogP contribution in [0.5, 0.6) is 0 Å². The Labute approximate surface area is 98.9 Å². The number of piperidine rings is 1. The lowest BCUT2D eigenvalue weighted by Crippen LogP contribution is -2.32. The highest BCUT2D eigenvalue weighted by molar-refractivity contribution is 7.12. The van der Waals surface area contributed by atoms with Gasteiger partial charge in [-0.25, -0.2) is 5.48 Å². The average molecular weight is 240 g/mol. The summed E-state index contributed by atoms with van der Waals surface area (Å²) >= 11 is 1.42. The predicted molar refractivity (Wildman–Crippen MR) is 63.3 cm³/mol. The van der Waals surface area contributed by atoms with Crippen LogP contribution in [0.1, 0.15) is 22.5 Å². The van der Waals surface area contributed by atoms with Crippen LogP contribution in [-0.4, -0.2) is 25.6 Å². The number of hydrogen-bond acceptors (Lipinski definition) is 4. The van der Waals surface area contributed by atoms with Gasteiger partial charge in [0, 0.05) is 0 Å². The average Bonchev–Trinajstić information content (AvgIpc) is 2.84. The maximum atomic E-state index is 11.5. The zero-order valence-electron chi connectivity index (χ0n) is 9.07. The number of rotatable bonds is 4. The Morgan fingerprint density at radius 1 is 1.56 bits per heavy atom. The standard InChI is InChI=1S/C11H16N2O2S/c14-11(10-2-1-7-16-10)13-15-8-9-3-5-12-6-4-9/h1-2,7,9,12H,3-6,8H2,(H,13,14). The lowest BCUT2D eigenvalue weighted by atomic mass is 10.00. The monoisotopic (exact) mass is 240 g/mol. The summed E-state index contributed by atoms with van der Waals surface area (Å²) in [6.07, 6.45) is 2.24. The molecule has 1 saturated heterocycles. The van der Waals surface area contributed by atoms with E-state index in [4.69, 9.17) is 4.84 Å². The summed E-state index contributed by atoms with van der Waals surface area (Å²) in [5, 5.41) is 5.17. The van der Waals surface area contributed by atoms with Crippen LogP contribution < -0.4 is 10.8 Å². The van der Waals surface area contributed by atoms with Gasteiger partial charge in [-0.2, -0.15) is 0 Å². The van der Waals surface area contributed by atoms with Crippen molar-refractivity contribution in [3.63, 3.8) is 0 Å². The van der Waals surface area contributed by atoms with Gasteiger partial charge >= 0.3 is 0 Å². The van der Waals surface area contributed by atoms with Crippen LogP contribution >= 0.6 is 11.3 Å². The highest BCUT2D eigenvalue weighted by atomic mass is 32.1. The zero-order valence-corrected chi connectivity index (χ0v) is 9.89. The molecule has 0 atom stereocenters. The molecule has 1 amide bonds. The predicted octanol–water partition coefficient (Wildman–Crippen LogP) is 1.41. The van der Waals surface area contributed by atoms with Gasteiger partial charge in [-0.05, 0) is 43.3 Å². The fourth-order valence-electron chi connectivity index (χ4n) is 1.73. The second-order valence-corrected chi connectivity index (χ2v) is 4.86. The van der Waals surface area contributed by atoms with Crippen LogP contribution in [0.25, 0.3) is 0 Å². The second kappa shape index (κ2) is 5.98. The van der Waals surface area contributed by atoms with Gasteiger partial charge in [-0.15, -0.1) is 11.3 Å². The summed E-state index contributed by atoms with van der Waals surface area (Å²) in [6.45, 7) is 2.71. The van der Waals surface area contributed by atoms with Crippen LogP contribution in [0.3, 0.4) is 0 Å². The first kappa shape index (κ1) is 11.6. The van der Waals surface area contributed by atoms with Crippen molar-refractivity contribution in [1.82, 2.24) is 10.8 Å².